The van der Waals surface area contributed by atoms with Gasteiger partial charge in [0.2, 0.25) is 10.0 Å². The van der Waals surface area contributed by atoms with E-state index in [9.17, 15) is 8.42 Å². The molecule has 0 aliphatic heterocycles. The first-order chi connectivity index (χ1) is 10.0. The second kappa shape index (κ2) is 7.51. The average molecular weight is 390 g/mol. The number of sulfonamides is 1. The van der Waals surface area contributed by atoms with E-state index in [0.717, 1.165) is 14.2 Å². The quantitative estimate of drug-likeness (QED) is 0.764. The minimum absolute atomic E-state index is 0.0563. The molecule has 0 bridgehead atoms. The Bertz CT molecular complexity index is 680. The SMILES string of the molecule is O=S(=O)(NCCc1ccc(Br)s1)c1ccc(CCO)cc1. The highest BCUT2D eigenvalue weighted by Gasteiger charge is 2.13. The van der Waals surface area contributed by atoms with Crippen molar-refractivity contribution in [3.63, 3.8) is 0 Å². The van der Waals surface area contributed by atoms with Crippen molar-refractivity contribution in [2.24, 2.45) is 0 Å². The van der Waals surface area contributed by atoms with Crippen LogP contribution >= 0.6 is 27.3 Å². The van der Waals surface area contributed by atoms with Crippen LogP contribution in [0.4, 0.5) is 0 Å². The second-order valence-electron chi connectivity index (χ2n) is 4.47. The first-order valence-electron chi connectivity index (χ1n) is 6.45. The lowest BCUT2D eigenvalue weighted by atomic mass is 10.2. The lowest BCUT2D eigenvalue weighted by Crippen LogP contribution is -2.25. The zero-order valence-electron chi connectivity index (χ0n) is 11.3. The minimum atomic E-state index is -3.47. The Balaban J connectivity index is 1.94. The van der Waals surface area contributed by atoms with Crippen molar-refractivity contribution in [3.8, 4) is 0 Å². The van der Waals surface area contributed by atoms with Gasteiger partial charge in [0.25, 0.3) is 0 Å². The van der Waals surface area contributed by atoms with Gasteiger partial charge < -0.3 is 5.11 Å². The van der Waals surface area contributed by atoms with Crippen molar-refractivity contribution >= 4 is 37.3 Å². The number of aliphatic hydroxyl groups is 1. The summed E-state index contributed by atoms with van der Waals surface area (Å²) in [4.78, 5) is 1.37. The molecule has 0 amide bonds. The van der Waals surface area contributed by atoms with Crippen LogP contribution < -0.4 is 4.72 Å². The number of aliphatic hydroxyl groups excluding tert-OH is 1. The average Bonchev–Trinajstić information content (AvgIpc) is 2.85. The highest BCUT2D eigenvalue weighted by molar-refractivity contribution is 9.11. The van der Waals surface area contributed by atoms with Crippen LogP contribution in [0.3, 0.4) is 0 Å². The molecule has 0 aliphatic rings. The van der Waals surface area contributed by atoms with E-state index in [-0.39, 0.29) is 11.5 Å². The number of hydrogen-bond donors (Lipinski definition) is 2. The Morgan fingerprint density at radius 3 is 2.38 bits per heavy atom. The number of halogens is 1. The maximum Gasteiger partial charge on any atom is 0.240 e. The Kier molecular flexibility index (Phi) is 5.95. The van der Waals surface area contributed by atoms with Gasteiger partial charge in [-0.05, 0) is 58.6 Å². The molecule has 2 N–H and O–H groups in total. The predicted octanol–water partition coefficient (Wildman–Crippen LogP) is 2.57. The van der Waals surface area contributed by atoms with Gasteiger partial charge in [-0.2, -0.15) is 0 Å². The molecule has 1 aromatic heterocycles. The second-order valence-corrected chi connectivity index (χ2v) is 8.79. The summed E-state index contributed by atoms with van der Waals surface area (Å²) in [6.45, 7) is 0.425. The first-order valence-corrected chi connectivity index (χ1v) is 9.54. The van der Waals surface area contributed by atoms with E-state index in [1.54, 1.807) is 35.6 Å². The van der Waals surface area contributed by atoms with Crippen LogP contribution in [0.15, 0.2) is 45.1 Å². The minimum Gasteiger partial charge on any atom is -0.396 e. The smallest absolute Gasteiger partial charge is 0.240 e. The topological polar surface area (TPSA) is 66.4 Å². The zero-order valence-corrected chi connectivity index (χ0v) is 14.5. The van der Waals surface area contributed by atoms with Crippen LogP contribution in [0.25, 0.3) is 0 Å². The molecule has 2 aromatic rings. The normalized spacial score (nSPS) is 11.7. The fourth-order valence-electron chi connectivity index (χ4n) is 1.84. The van der Waals surface area contributed by atoms with E-state index in [4.69, 9.17) is 5.11 Å². The molecular weight excluding hydrogens is 374 g/mol. The maximum absolute atomic E-state index is 12.1. The lowest BCUT2D eigenvalue weighted by Gasteiger charge is -2.07. The van der Waals surface area contributed by atoms with Gasteiger partial charge in [-0.15, -0.1) is 11.3 Å². The van der Waals surface area contributed by atoms with Crippen molar-refractivity contribution in [1.82, 2.24) is 4.72 Å². The van der Waals surface area contributed by atoms with Crippen LogP contribution in [0.1, 0.15) is 10.4 Å². The summed E-state index contributed by atoms with van der Waals surface area (Å²) in [6.07, 6.45) is 1.19. The molecule has 0 unspecified atom stereocenters. The molecule has 0 radical (unpaired) electrons. The van der Waals surface area contributed by atoms with Crippen LogP contribution in [0, 0.1) is 0 Å². The summed E-state index contributed by atoms with van der Waals surface area (Å²) in [5.74, 6) is 0. The molecule has 2 rings (SSSR count). The number of rotatable bonds is 7. The molecule has 0 aliphatic carbocycles. The third kappa shape index (κ3) is 4.89. The van der Waals surface area contributed by atoms with E-state index in [1.165, 1.54) is 0 Å². The van der Waals surface area contributed by atoms with Crippen molar-refractivity contribution in [2.45, 2.75) is 17.7 Å². The molecule has 114 valence electrons. The number of benzene rings is 1. The molecule has 0 saturated heterocycles. The van der Waals surface area contributed by atoms with E-state index < -0.39 is 10.0 Å². The van der Waals surface area contributed by atoms with Gasteiger partial charge in [0.1, 0.15) is 0 Å². The highest BCUT2D eigenvalue weighted by atomic mass is 79.9. The predicted molar refractivity (Wildman–Crippen MR) is 88.1 cm³/mol. The fourth-order valence-corrected chi connectivity index (χ4v) is 4.36. The standard InChI is InChI=1S/C14H16BrNO3S2/c15-14-6-3-12(20-14)7-9-16-21(18,19)13-4-1-11(2-5-13)8-10-17/h1-6,16-17H,7-10H2. The summed E-state index contributed by atoms with van der Waals surface area (Å²) < 4.78 is 27.9. The molecule has 7 heteroatoms. The number of hydrogen-bond acceptors (Lipinski definition) is 4. The summed E-state index contributed by atoms with van der Waals surface area (Å²) in [6, 6.07) is 10.5. The Morgan fingerprint density at radius 2 is 1.81 bits per heavy atom. The van der Waals surface area contributed by atoms with Crippen molar-refractivity contribution < 1.29 is 13.5 Å². The van der Waals surface area contributed by atoms with Gasteiger partial charge in [-0.25, -0.2) is 13.1 Å². The molecule has 4 nitrogen and oxygen atoms in total. The third-order valence-electron chi connectivity index (χ3n) is 2.93. The molecule has 0 spiro atoms. The molecule has 1 aromatic carbocycles. The molecular formula is C14H16BrNO3S2. The zero-order chi connectivity index (χ0) is 15.3. The lowest BCUT2D eigenvalue weighted by molar-refractivity contribution is 0.299. The van der Waals surface area contributed by atoms with Crippen LogP contribution in [0.5, 0.6) is 0 Å². The van der Waals surface area contributed by atoms with Crippen LogP contribution in [-0.4, -0.2) is 26.7 Å². The molecule has 0 saturated carbocycles. The van der Waals surface area contributed by atoms with E-state index in [0.29, 0.717) is 19.4 Å². The molecule has 1 heterocycles. The summed E-state index contributed by atoms with van der Waals surface area (Å²) in [7, 11) is -3.47. The van der Waals surface area contributed by atoms with Gasteiger partial charge in [0, 0.05) is 18.0 Å². The van der Waals surface area contributed by atoms with Gasteiger partial charge in [0.05, 0.1) is 8.68 Å². The summed E-state index contributed by atoms with van der Waals surface area (Å²) >= 11 is 4.98. The van der Waals surface area contributed by atoms with Crippen molar-refractivity contribution in [2.75, 3.05) is 13.2 Å². The Hall–Kier alpha value is -0.730. The monoisotopic (exact) mass is 389 g/mol. The van der Waals surface area contributed by atoms with Gasteiger partial charge in [0.15, 0.2) is 0 Å². The van der Waals surface area contributed by atoms with E-state index >= 15 is 0 Å². The van der Waals surface area contributed by atoms with Crippen molar-refractivity contribution in [1.29, 1.82) is 0 Å². The molecule has 21 heavy (non-hydrogen) atoms. The van der Waals surface area contributed by atoms with E-state index in [1.807, 2.05) is 12.1 Å². The van der Waals surface area contributed by atoms with Gasteiger partial charge >= 0.3 is 0 Å². The fraction of sp³-hybridized carbons (Fsp3) is 0.286. The summed E-state index contributed by atoms with van der Waals surface area (Å²) in [5.41, 5.74) is 0.917. The third-order valence-corrected chi connectivity index (χ3v) is 6.09. The van der Waals surface area contributed by atoms with Crippen molar-refractivity contribution in [3.05, 3.63) is 50.6 Å². The largest absolute Gasteiger partial charge is 0.396 e. The summed E-state index contributed by atoms with van der Waals surface area (Å²) in [5, 5.41) is 8.84. The van der Waals surface area contributed by atoms with Gasteiger partial charge in [-0.1, -0.05) is 12.1 Å². The maximum atomic E-state index is 12.1. The Morgan fingerprint density at radius 1 is 1.10 bits per heavy atom. The van der Waals surface area contributed by atoms with Gasteiger partial charge in [-0.3, -0.25) is 0 Å². The first kappa shape index (κ1) is 16.6. The highest BCUT2D eigenvalue weighted by Crippen LogP contribution is 2.22. The van der Waals surface area contributed by atoms with E-state index in [2.05, 4.69) is 20.7 Å². The van der Waals surface area contributed by atoms with Crippen LogP contribution in [-0.2, 0) is 22.9 Å². The Labute approximate surface area is 137 Å². The number of nitrogens with one attached hydrogen (secondary N) is 1. The van der Waals surface area contributed by atoms with Crippen LogP contribution in [0.2, 0.25) is 0 Å². The molecule has 0 fully saturated rings. The molecule has 0 atom stereocenters. The number of thiophene rings is 1.